The van der Waals surface area contributed by atoms with Crippen molar-refractivity contribution in [3.05, 3.63) is 163 Å². The molecule has 10 amide bonds. The van der Waals surface area contributed by atoms with Gasteiger partial charge in [0.15, 0.2) is 35.7 Å². The number of ketones is 6. The molecule has 7 heterocycles. The number of benzene rings is 4. The van der Waals surface area contributed by atoms with Crippen molar-refractivity contribution in [2.45, 2.75) is 246 Å². The molecule has 5 fully saturated rings. The van der Waals surface area contributed by atoms with Crippen LogP contribution >= 0.6 is 0 Å². The number of hydrogen-bond acceptors (Lipinski definition) is 38. The Morgan fingerprint density at radius 3 is 1.39 bits per heavy atom. The minimum absolute atomic E-state index is 0.0193. The minimum Gasteiger partial charge on any atom is -0.507 e. The minimum atomic E-state index is -2.43. The van der Waals surface area contributed by atoms with Crippen LogP contribution in [-0.2, 0) is 102 Å². The molecule has 6 aromatic rings. The van der Waals surface area contributed by atoms with Crippen LogP contribution in [0.2, 0.25) is 0 Å². The maximum atomic E-state index is 14.1. The molecule has 147 heavy (non-hydrogen) atoms. The third-order valence-corrected chi connectivity index (χ3v) is 27.8. The summed E-state index contributed by atoms with van der Waals surface area (Å²) in [5.41, 5.74) is -2.04. The number of nitrogens with zero attached hydrogens (tertiary/aromatic N) is 5. The Hall–Kier alpha value is -14.2. The highest BCUT2D eigenvalue weighted by Gasteiger charge is 2.55. The number of pyridine rings is 2. The maximum absolute atomic E-state index is 14.1. The zero-order valence-electron chi connectivity index (χ0n) is 80.9. The number of methoxy groups -OCH3 is 2. The first-order valence-electron chi connectivity index (χ1n) is 47.9. The number of unbranched alkanes of at least 4 members (excludes halogenated alkanes) is 1. The number of nitrogens with one attached hydrogen (secondary N) is 7. The van der Waals surface area contributed by atoms with Gasteiger partial charge in [0.05, 0.1) is 110 Å². The third kappa shape index (κ3) is 23.0. The number of amides is 10. The molecule has 4 aromatic carbocycles. The molecule has 4 aliphatic carbocycles. The van der Waals surface area contributed by atoms with Crippen molar-refractivity contribution in [2.75, 3.05) is 66.7 Å². The predicted octanol–water partition coefficient (Wildman–Crippen LogP) is -1.47. The summed E-state index contributed by atoms with van der Waals surface area (Å²) >= 11 is 0. The normalized spacial score (nSPS) is 25.3. The molecule has 5 aliphatic heterocycles. The van der Waals surface area contributed by atoms with E-state index in [4.69, 9.17) is 43.6 Å². The van der Waals surface area contributed by atoms with E-state index in [9.17, 15) is 133 Å². The number of aromatic nitrogens is 2. The number of carbonyl (C=O) groups excluding carboxylic acids is 16. The van der Waals surface area contributed by atoms with E-state index in [0.717, 1.165) is 4.90 Å². The molecule has 0 radical (unpaired) electrons. The van der Waals surface area contributed by atoms with Crippen LogP contribution in [0.15, 0.2) is 85.5 Å². The second kappa shape index (κ2) is 46.3. The molecule has 5 saturated heterocycles. The average molecular weight is 2050 g/mol. The van der Waals surface area contributed by atoms with Crippen LogP contribution < -0.4 is 52.4 Å². The summed E-state index contributed by atoms with van der Waals surface area (Å²) in [4.78, 5) is 227. The Bertz CT molecular complexity index is 6120. The topological polar surface area (TPSA) is 715 Å². The SMILES string of the molecule is COc1cccc2c1C(=O)c1c(O)c3c(c(O)c1C2=O)C[C@@](O)(C(=O)CO)C[C@@H]3OC1CC(NC(=O)[C@@H]2CCCN2C(=O)CNC(=O)[C@H](C)NC(=O)[C@@H]2C[C@@H](O)CN2C(=O)OCc2cccnc2)C(O)C(C)O1.COc1cccc2c1C(=O)c1c(O)c3c(c(O)c1C2=O)C[C@@](O)(C(=O)CO)C[C@@H]3OC1CC(NC(=O)[C@@H]2CCCN2C(=O)CNC(=O)[C@H](C)NC(=O)[C@H](CCCCN)NC(=O)OCc2cccnc2)C(O)C(C)O1. The zero-order chi connectivity index (χ0) is 106. The monoisotopic (exact) mass is 2050 g/mol. The Morgan fingerprint density at radius 1 is 0.524 bits per heavy atom. The summed E-state index contributed by atoms with van der Waals surface area (Å²) in [5.74, 6) is -14.2. The van der Waals surface area contributed by atoms with Gasteiger partial charge in [0.2, 0.25) is 58.8 Å². The van der Waals surface area contributed by atoms with Crippen molar-refractivity contribution in [2.24, 2.45) is 5.73 Å². The van der Waals surface area contributed by atoms with Crippen molar-refractivity contribution in [1.82, 2.24) is 61.9 Å². The first kappa shape index (κ1) is 109. The number of Topliss-reactive ketones (excluding diaryl/α,β-unsaturated/α-hetero) is 2. The summed E-state index contributed by atoms with van der Waals surface area (Å²) in [6.07, 6.45) is -8.16. The summed E-state index contributed by atoms with van der Waals surface area (Å²) < 4.78 is 45.7. The van der Waals surface area contributed by atoms with Gasteiger partial charge in [-0.3, -0.25) is 82.0 Å². The van der Waals surface area contributed by atoms with Gasteiger partial charge in [0.1, 0.15) is 121 Å². The fourth-order valence-electron chi connectivity index (χ4n) is 20.1. The van der Waals surface area contributed by atoms with E-state index in [2.05, 4.69) is 47.2 Å². The number of β-amino-alcohol motifs (C(OH)–C–C–N with tert-alkyl or cyclic N) is 1. The van der Waals surface area contributed by atoms with Crippen LogP contribution in [0.5, 0.6) is 34.5 Å². The van der Waals surface area contributed by atoms with Crippen molar-refractivity contribution in [1.29, 1.82) is 0 Å². The first-order valence-corrected chi connectivity index (χ1v) is 47.9. The maximum Gasteiger partial charge on any atom is 0.410 e. The molecule has 0 bridgehead atoms. The van der Waals surface area contributed by atoms with Gasteiger partial charge >= 0.3 is 12.2 Å². The van der Waals surface area contributed by atoms with Gasteiger partial charge in [-0.2, -0.15) is 0 Å². The van der Waals surface area contributed by atoms with Crippen LogP contribution in [0.3, 0.4) is 0 Å². The summed E-state index contributed by atoms with van der Waals surface area (Å²) in [6.45, 7) is 2.55. The number of rotatable bonds is 33. The van der Waals surface area contributed by atoms with Crippen LogP contribution in [0.25, 0.3) is 0 Å². The number of fused-ring (bicyclic) bond motifs is 6. The van der Waals surface area contributed by atoms with Crippen LogP contribution in [0.1, 0.15) is 214 Å². The number of phenolic OH excluding ortho intramolecular Hbond substituents is 4. The Labute approximate surface area is 839 Å². The Morgan fingerprint density at radius 2 is 0.966 bits per heavy atom. The van der Waals surface area contributed by atoms with E-state index < -0.39 is 306 Å². The van der Waals surface area contributed by atoms with Crippen molar-refractivity contribution in [3.8, 4) is 34.5 Å². The van der Waals surface area contributed by atoms with Crippen molar-refractivity contribution in [3.63, 3.8) is 0 Å². The number of hydrogen-bond donors (Lipinski definition) is 19. The lowest BCUT2D eigenvalue weighted by Gasteiger charge is -2.43. The van der Waals surface area contributed by atoms with E-state index in [-0.39, 0.29) is 127 Å². The van der Waals surface area contributed by atoms with E-state index >= 15 is 0 Å². The molecular weight excluding hydrogens is 1930 g/mol. The molecule has 788 valence electrons. The third-order valence-electron chi connectivity index (χ3n) is 27.8. The smallest absolute Gasteiger partial charge is 0.410 e. The van der Waals surface area contributed by atoms with Gasteiger partial charge in [-0.1, -0.05) is 36.4 Å². The predicted molar refractivity (Wildman–Crippen MR) is 502 cm³/mol. The van der Waals surface area contributed by atoms with Gasteiger partial charge in [0.25, 0.3) is 0 Å². The lowest BCUT2D eigenvalue weighted by molar-refractivity contribution is -0.249. The molecule has 0 spiro atoms. The highest BCUT2D eigenvalue weighted by molar-refractivity contribution is 6.32. The second-order valence-electron chi connectivity index (χ2n) is 37.5. The Kier molecular flexibility index (Phi) is 34.2. The van der Waals surface area contributed by atoms with Crippen molar-refractivity contribution >= 4 is 94.1 Å². The molecule has 15 rings (SSSR count). The van der Waals surface area contributed by atoms with Gasteiger partial charge in [-0.15, -0.1) is 0 Å². The van der Waals surface area contributed by atoms with E-state index in [1.54, 1.807) is 36.7 Å². The number of ether oxygens (including phenoxy) is 8. The van der Waals surface area contributed by atoms with Crippen molar-refractivity contribution < 1.29 is 171 Å². The number of aliphatic hydroxyl groups is 7. The van der Waals surface area contributed by atoms with E-state index in [1.165, 1.54) is 101 Å². The largest absolute Gasteiger partial charge is 0.507 e. The van der Waals surface area contributed by atoms with Crippen LogP contribution in [-0.4, -0.2) is 344 Å². The number of aromatic hydroxyl groups is 4. The fraction of sp³-hybridized carbons (Fsp3) is 0.495. The average Bonchev–Trinajstić information content (AvgIpc) is 1.03. The summed E-state index contributed by atoms with van der Waals surface area (Å²) in [7, 11) is 2.56. The molecular formula is C99H117N13O35. The zero-order valence-corrected chi connectivity index (χ0v) is 80.9. The van der Waals surface area contributed by atoms with Gasteiger partial charge in [-0.05, 0) is 103 Å². The number of likely N-dealkylation sites (tertiary alicyclic amines) is 3. The summed E-state index contributed by atoms with van der Waals surface area (Å²) in [5, 5.41) is 141. The molecule has 48 heteroatoms. The van der Waals surface area contributed by atoms with E-state index in [1.807, 2.05) is 0 Å². The second-order valence-corrected chi connectivity index (χ2v) is 37.5. The highest BCUT2D eigenvalue weighted by Crippen LogP contribution is 2.56. The van der Waals surface area contributed by atoms with Crippen LogP contribution in [0, 0.1) is 0 Å². The summed E-state index contributed by atoms with van der Waals surface area (Å²) in [6, 6.07) is 6.30. The number of aliphatic hydroxyl groups excluding tert-OH is 5. The van der Waals surface area contributed by atoms with Gasteiger partial charge in [0, 0.05) is 127 Å². The molecule has 9 aliphatic rings. The fourth-order valence-corrected chi connectivity index (χ4v) is 20.1. The standard InChI is InChI=1S/C50H61N7O17.C49H56N6O18/c1-24(54-47(67)29(11-4-5-14-51)56-49(69)72-23-26-9-7-15-52-20-26)46(66)53-21-35(60)57-16-8-12-31(57)48(68)55-30-17-36(73-25(2)41(30)61)74-33-19-50(70,34(59)22-58)18-28-38(33)45(65)40-39(43(28)63)42(62)27-10-6-13-32(71-3)37(27)44(40)64;1-22(52-47(67)30-13-25(57)19-55(30)48(68)71-21-24-7-5-11-50-17-24)45(65)51-18-34(59)54-12-6-9-29(54)46(66)53-28-14-35(72-23(2)40(28)60)73-32-16-49(69,33(58)20-56)15-27-37(32)44(64)39-38(42(27)62)41(61)26-8-4-10-31(70-3)36(26)43(39)63/h6-7,9-10,13,15,20,24-25,29-31,33,36,41,58,61,63,65,70H,4-5,8,11-12,14,16-19,21-23,51H2,1-3H3,(H,53,66)(H,54,67)(H,55,68)(H,56,69);4-5,7-8,10-11,17,22-23,25,28-30,32,35,40,56-57,60,62,64,69H,6,9,12-16,18-21H2,1-3H3,(H,51,65)(H,52,67)(H,53,66)/t24-,25?,29-,30?,31-,33-,36?,41?,50-;22-,23?,25+,28?,29-,30-,32-,35?,40?,49-/m00/s1. The molecule has 2 aromatic heterocycles. The molecule has 48 nitrogen and oxygen atoms in total. The highest BCUT2D eigenvalue weighted by atomic mass is 16.7. The van der Waals surface area contributed by atoms with Crippen LogP contribution in [0.4, 0.5) is 9.59 Å². The molecule has 8 unspecified atom stereocenters. The van der Waals surface area contributed by atoms with E-state index in [0.29, 0.717) is 43.4 Å². The lowest BCUT2D eigenvalue weighted by Crippen LogP contribution is -2.59. The van der Waals surface area contributed by atoms with Gasteiger partial charge in [-0.25, -0.2) is 9.59 Å². The van der Waals surface area contributed by atoms with Gasteiger partial charge < -0.3 is 147 Å². The first-order chi connectivity index (χ1) is 70.1. The number of phenols is 4. The number of nitrogens with two attached hydrogens (primary N) is 1. The molecule has 19 atom stereocenters. The molecule has 20 N–H and O–H groups in total. The Balaban J connectivity index is 0.000000232. The number of alkyl carbamates (subject to hydrolysis) is 1. The number of carbonyl (C=O) groups is 16. The quantitative estimate of drug-likeness (QED) is 0.0165. The lowest BCUT2D eigenvalue weighted by atomic mass is 9.72. The molecule has 0 saturated carbocycles.